The first-order chi connectivity index (χ1) is 7.72. The molecule has 1 amide bonds. The van der Waals surface area contributed by atoms with Crippen molar-refractivity contribution in [1.82, 2.24) is 4.90 Å². The van der Waals surface area contributed by atoms with Crippen molar-refractivity contribution in [3.63, 3.8) is 0 Å². The minimum absolute atomic E-state index is 0.141. The number of amides is 1. The van der Waals surface area contributed by atoms with Gasteiger partial charge in [0.05, 0.1) is 6.61 Å². The van der Waals surface area contributed by atoms with E-state index in [0.29, 0.717) is 18.4 Å². The van der Waals surface area contributed by atoms with Gasteiger partial charge in [0, 0.05) is 20.0 Å². The number of nitrogens with zero attached hydrogens (tertiary/aromatic N) is 1. The third-order valence-corrected chi connectivity index (χ3v) is 4.01. The second-order valence-corrected chi connectivity index (χ2v) is 5.06. The highest BCUT2D eigenvalue weighted by molar-refractivity contribution is 5.82. The minimum Gasteiger partial charge on any atom is -0.368 e. The Morgan fingerprint density at radius 2 is 2.12 bits per heavy atom. The highest BCUT2D eigenvalue weighted by atomic mass is 16.5. The van der Waals surface area contributed by atoms with Gasteiger partial charge in [-0.2, -0.15) is 0 Å². The summed E-state index contributed by atoms with van der Waals surface area (Å²) >= 11 is 0. The standard InChI is InChI=1S/C12H22N2O2/c1-14-6-5-11(12(14)15)16-8-10-4-2-3-9(10)7-13/h9-11H,2-8,13H2,1H3. The zero-order chi connectivity index (χ0) is 11.5. The lowest BCUT2D eigenvalue weighted by Crippen LogP contribution is -2.30. The molecule has 4 heteroatoms. The van der Waals surface area contributed by atoms with Crippen LogP contribution < -0.4 is 5.73 Å². The van der Waals surface area contributed by atoms with Crippen LogP contribution in [0.5, 0.6) is 0 Å². The second-order valence-electron chi connectivity index (χ2n) is 5.06. The van der Waals surface area contributed by atoms with Crippen molar-refractivity contribution in [3.05, 3.63) is 0 Å². The summed E-state index contributed by atoms with van der Waals surface area (Å²) < 4.78 is 5.75. The maximum atomic E-state index is 11.6. The van der Waals surface area contributed by atoms with Gasteiger partial charge in [-0.1, -0.05) is 6.42 Å². The summed E-state index contributed by atoms with van der Waals surface area (Å²) in [5.74, 6) is 1.32. The Kier molecular flexibility index (Phi) is 3.82. The number of likely N-dealkylation sites (tertiary alicyclic amines) is 1. The molecule has 3 atom stereocenters. The van der Waals surface area contributed by atoms with Crippen LogP contribution in [0.15, 0.2) is 0 Å². The largest absolute Gasteiger partial charge is 0.368 e. The number of carbonyl (C=O) groups is 1. The van der Waals surface area contributed by atoms with Crippen LogP contribution in [0.1, 0.15) is 25.7 Å². The molecule has 2 N–H and O–H groups in total. The molecule has 92 valence electrons. The first-order valence-corrected chi connectivity index (χ1v) is 6.29. The molecule has 1 aliphatic carbocycles. The predicted molar refractivity (Wildman–Crippen MR) is 61.9 cm³/mol. The van der Waals surface area contributed by atoms with Gasteiger partial charge in [0.1, 0.15) is 6.10 Å². The molecule has 0 bridgehead atoms. The number of hydrogen-bond acceptors (Lipinski definition) is 3. The minimum atomic E-state index is -0.191. The molecule has 0 aromatic carbocycles. The van der Waals surface area contributed by atoms with Crippen LogP contribution >= 0.6 is 0 Å². The van der Waals surface area contributed by atoms with E-state index in [0.717, 1.165) is 19.5 Å². The summed E-state index contributed by atoms with van der Waals surface area (Å²) in [7, 11) is 1.84. The Bertz CT molecular complexity index is 257. The third-order valence-electron chi connectivity index (χ3n) is 4.01. The summed E-state index contributed by atoms with van der Waals surface area (Å²) in [6.07, 6.45) is 4.34. The normalized spacial score (nSPS) is 35.0. The zero-order valence-electron chi connectivity index (χ0n) is 10.0. The topological polar surface area (TPSA) is 55.6 Å². The molecule has 0 aromatic rings. The number of nitrogens with two attached hydrogens (primary N) is 1. The fraction of sp³-hybridized carbons (Fsp3) is 0.917. The highest BCUT2D eigenvalue weighted by Gasteiger charge is 2.32. The highest BCUT2D eigenvalue weighted by Crippen LogP contribution is 2.31. The number of ether oxygens (including phenoxy) is 1. The Morgan fingerprint density at radius 3 is 2.75 bits per heavy atom. The van der Waals surface area contributed by atoms with Gasteiger partial charge < -0.3 is 15.4 Å². The van der Waals surface area contributed by atoms with Crippen molar-refractivity contribution in [2.24, 2.45) is 17.6 Å². The third kappa shape index (κ3) is 2.38. The molecular weight excluding hydrogens is 204 g/mol. The molecule has 16 heavy (non-hydrogen) atoms. The average molecular weight is 226 g/mol. The van der Waals surface area contributed by atoms with Gasteiger partial charge in [0.25, 0.3) is 5.91 Å². The maximum Gasteiger partial charge on any atom is 0.251 e. The average Bonchev–Trinajstić information content (AvgIpc) is 2.86. The number of rotatable bonds is 4. The van der Waals surface area contributed by atoms with Gasteiger partial charge in [-0.25, -0.2) is 0 Å². The van der Waals surface area contributed by atoms with Gasteiger partial charge in [0.15, 0.2) is 0 Å². The molecule has 2 aliphatic rings. The van der Waals surface area contributed by atoms with Crippen molar-refractivity contribution < 1.29 is 9.53 Å². The van der Waals surface area contributed by atoms with Crippen molar-refractivity contribution in [2.45, 2.75) is 31.8 Å². The first kappa shape index (κ1) is 11.9. The van der Waals surface area contributed by atoms with Crippen LogP contribution in [0.3, 0.4) is 0 Å². The van der Waals surface area contributed by atoms with Crippen LogP contribution in [-0.4, -0.2) is 43.7 Å². The van der Waals surface area contributed by atoms with E-state index in [4.69, 9.17) is 10.5 Å². The van der Waals surface area contributed by atoms with Gasteiger partial charge in [-0.05, 0) is 31.2 Å². The van der Waals surface area contributed by atoms with E-state index in [1.165, 1.54) is 19.3 Å². The van der Waals surface area contributed by atoms with Crippen molar-refractivity contribution in [1.29, 1.82) is 0 Å². The van der Waals surface area contributed by atoms with Crippen LogP contribution in [0.25, 0.3) is 0 Å². The second kappa shape index (κ2) is 5.15. The summed E-state index contributed by atoms with van der Waals surface area (Å²) in [5.41, 5.74) is 5.73. The van der Waals surface area contributed by atoms with E-state index in [-0.39, 0.29) is 12.0 Å². The fourth-order valence-corrected chi connectivity index (χ4v) is 2.83. The zero-order valence-corrected chi connectivity index (χ0v) is 10.0. The Balaban J connectivity index is 1.77. The molecule has 1 heterocycles. The fourth-order valence-electron chi connectivity index (χ4n) is 2.83. The monoisotopic (exact) mass is 226 g/mol. The van der Waals surface area contributed by atoms with E-state index >= 15 is 0 Å². The van der Waals surface area contributed by atoms with E-state index in [1.807, 2.05) is 7.05 Å². The van der Waals surface area contributed by atoms with Crippen molar-refractivity contribution >= 4 is 5.91 Å². The molecule has 1 saturated carbocycles. The molecule has 2 rings (SSSR count). The lowest BCUT2D eigenvalue weighted by atomic mass is 9.97. The van der Waals surface area contributed by atoms with Crippen molar-refractivity contribution in [3.8, 4) is 0 Å². The SMILES string of the molecule is CN1CCC(OCC2CCCC2CN)C1=O. The van der Waals surface area contributed by atoms with Crippen LogP contribution in [-0.2, 0) is 9.53 Å². The number of hydrogen-bond donors (Lipinski definition) is 1. The van der Waals surface area contributed by atoms with E-state index in [1.54, 1.807) is 4.90 Å². The van der Waals surface area contributed by atoms with Gasteiger partial charge in [-0.15, -0.1) is 0 Å². The lowest BCUT2D eigenvalue weighted by Gasteiger charge is -2.19. The van der Waals surface area contributed by atoms with Crippen LogP contribution in [0.4, 0.5) is 0 Å². The van der Waals surface area contributed by atoms with Gasteiger partial charge in [0.2, 0.25) is 0 Å². The molecule has 4 nitrogen and oxygen atoms in total. The summed E-state index contributed by atoms with van der Waals surface area (Å²) in [5, 5.41) is 0. The summed E-state index contributed by atoms with van der Waals surface area (Å²) in [6, 6.07) is 0. The molecule has 0 radical (unpaired) electrons. The summed E-state index contributed by atoms with van der Waals surface area (Å²) in [6.45, 7) is 2.30. The molecule has 1 saturated heterocycles. The first-order valence-electron chi connectivity index (χ1n) is 6.29. The van der Waals surface area contributed by atoms with Crippen molar-refractivity contribution in [2.75, 3.05) is 26.7 Å². The smallest absolute Gasteiger partial charge is 0.251 e. The summed E-state index contributed by atoms with van der Waals surface area (Å²) in [4.78, 5) is 13.4. The van der Waals surface area contributed by atoms with Crippen LogP contribution in [0, 0.1) is 11.8 Å². The van der Waals surface area contributed by atoms with E-state index < -0.39 is 0 Å². The molecule has 1 aliphatic heterocycles. The Morgan fingerprint density at radius 1 is 1.38 bits per heavy atom. The van der Waals surface area contributed by atoms with E-state index in [9.17, 15) is 4.79 Å². The molecular formula is C12H22N2O2. The van der Waals surface area contributed by atoms with Gasteiger partial charge in [-0.3, -0.25) is 4.79 Å². The maximum absolute atomic E-state index is 11.6. The van der Waals surface area contributed by atoms with Crippen LogP contribution in [0.2, 0.25) is 0 Å². The van der Waals surface area contributed by atoms with Gasteiger partial charge >= 0.3 is 0 Å². The quantitative estimate of drug-likeness (QED) is 0.764. The lowest BCUT2D eigenvalue weighted by molar-refractivity contribution is -0.137. The number of carbonyl (C=O) groups excluding carboxylic acids is 1. The Hall–Kier alpha value is -0.610. The number of likely N-dealkylation sites (N-methyl/N-ethyl adjacent to an activating group) is 1. The molecule has 0 spiro atoms. The Labute approximate surface area is 97.1 Å². The van der Waals surface area contributed by atoms with E-state index in [2.05, 4.69) is 0 Å². The predicted octanol–water partition coefficient (Wildman–Crippen LogP) is 0.609. The molecule has 2 fully saturated rings. The molecule has 0 aromatic heterocycles. The molecule has 3 unspecified atom stereocenters.